The summed E-state index contributed by atoms with van der Waals surface area (Å²) in [4.78, 5) is 0. The van der Waals surface area contributed by atoms with Gasteiger partial charge in [0.05, 0.1) is 6.10 Å². The van der Waals surface area contributed by atoms with Gasteiger partial charge in [0.15, 0.2) is 0 Å². The number of alkyl halides is 1. The molecule has 1 atom stereocenters. The average Bonchev–Trinajstić information content (AvgIpc) is 2.17. The Morgan fingerprint density at radius 2 is 2.00 bits per heavy atom. The van der Waals surface area contributed by atoms with Gasteiger partial charge in [0.25, 0.3) is 0 Å². The first kappa shape index (κ1) is 12.7. The zero-order chi connectivity index (χ0) is 11.4. The number of aliphatic hydroxyl groups excluding tert-OH is 1. The van der Waals surface area contributed by atoms with E-state index >= 15 is 0 Å². The number of hydrogen-bond donors (Lipinski definition) is 1. The van der Waals surface area contributed by atoms with E-state index < -0.39 is 0 Å². The molecule has 0 fully saturated rings. The lowest BCUT2D eigenvalue weighted by Crippen LogP contribution is -2.13. The van der Waals surface area contributed by atoms with Crippen LogP contribution < -0.4 is 0 Å². The van der Waals surface area contributed by atoms with Crippen LogP contribution in [0.1, 0.15) is 36.5 Å². The van der Waals surface area contributed by atoms with E-state index in [0.717, 1.165) is 6.42 Å². The molecule has 0 amide bonds. The number of halogens is 1. The van der Waals surface area contributed by atoms with Crippen LogP contribution in [0.5, 0.6) is 0 Å². The summed E-state index contributed by atoms with van der Waals surface area (Å²) < 4.78 is 0. The molecule has 0 bridgehead atoms. The normalized spacial score (nSPS) is 13.2. The molecule has 0 saturated carbocycles. The van der Waals surface area contributed by atoms with Gasteiger partial charge in [-0.3, -0.25) is 0 Å². The summed E-state index contributed by atoms with van der Waals surface area (Å²) >= 11 is 3.30. The topological polar surface area (TPSA) is 20.2 Å². The maximum Gasteiger partial charge on any atom is 0.0677 e. The van der Waals surface area contributed by atoms with E-state index in [9.17, 15) is 5.11 Å². The smallest absolute Gasteiger partial charge is 0.0677 e. The molecule has 0 spiro atoms. The predicted molar refractivity (Wildman–Crippen MR) is 68.8 cm³/mol. The van der Waals surface area contributed by atoms with Crippen molar-refractivity contribution >= 4 is 15.9 Å². The SMILES string of the molecule is Cc1ccc(C(C)C)c(C[C@H](O)CBr)c1. The van der Waals surface area contributed by atoms with Crippen molar-refractivity contribution in [1.29, 1.82) is 0 Å². The van der Waals surface area contributed by atoms with Gasteiger partial charge in [-0.2, -0.15) is 0 Å². The Kier molecular flexibility index (Phi) is 4.81. The van der Waals surface area contributed by atoms with Gasteiger partial charge < -0.3 is 5.11 Å². The fourth-order valence-corrected chi connectivity index (χ4v) is 2.01. The minimum atomic E-state index is -0.288. The standard InChI is InChI=1S/C13H19BrO/c1-9(2)13-5-4-10(3)6-11(13)7-12(15)8-14/h4-6,9,12,15H,7-8H2,1-3H3/t12-/m0/s1. The summed E-state index contributed by atoms with van der Waals surface area (Å²) in [5.74, 6) is 0.517. The van der Waals surface area contributed by atoms with Crippen LogP contribution in [0.25, 0.3) is 0 Å². The Morgan fingerprint density at radius 1 is 1.33 bits per heavy atom. The van der Waals surface area contributed by atoms with Crippen LogP contribution in [0.15, 0.2) is 18.2 Å². The molecule has 0 aliphatic carbocycles. The third kappa shape index (κ3) is 3.62. The van der Waals surface area contributed by atoms with Gasteiger partial charge in [0, 0.05) is 5.33 Å². The Balaban J connectivity index is 2.96. The van der Waals surface area contributed by atoms with Crippen molar-refractivity contribution in [2.24, 2.45) is 0 Å². The van der Waals surface area contributed by atoms with Gasteiger partial charge in [-0.25, -0.2) is 0 Å². The molecule has 2 heteroatoms. The van der Waals surface area contributed by atoms with Crippen LogP contribution in [0.2, 0.25) is 0 Å². The average molecular weight is 271 g/mol. The zero-order valence-electron chi connectivity index (χ0n) is 9.63. The van der Waals surface area contributed by atoms with Gasteiger partial charge in [-0.1, -0.05) is 53.5 Å². The van der Waals surface area contributed by atoms with Crippen LogP contribution in [-0.4, -0.2) is 16.5 Å². The highest BCUT2D eigenvalue weighted by atomic mass is 79.9. The van der Waals surface area contributed by atoms with Crippen molar-refractivity contribution in [3.63, 3.8) is 0 Å². The first-order valence-electron chi connectivity index (χ1n) is 5.38. The van der Waals surface area contributed by atoms with E-state index in [1.54, 1.807) is 0 Å². The molecule has 0 unspecified atom stereocenters. The Bertz CT molecular complexity index is 320. The van der Waals surface area contributed by atoms with E-state index in [2.05, 4.69) is 54.9 Å². The van der Waals surface area contributed by atoms with Crippen molar-refractivity contribution in [3.05, 3.63) is 34.9 Å². The number of hydrogen-bond acceptors (Lipinski definition) is 1. The lowest BCUT2D eigenvalue weighted by atomic mass is 9.92. The summed E-state index contributed by atoms with van der Waals surface area (Å²) in [5, 5.41) is 10.3. The van der Waals surface area contributed by atoms with Crippen molar-refractivity contribution in [2.75, 3.05) is 5.33 Å². The Morgan fingerprint density at radius 3 is 2.53 bits per heavy atom. The van der Waals surface area contributed by atoms with E-state index in [0.29, 0.717) is 11.2 Å². The highest BCUT2D eigenvalue weighted by Crippen LogP contribution is 2.22. The molecule has 15 heavy (non-hydrogen) atoms. The van der Waals surface area contributed by atoms with Gasteiger partial charge in [0.2, 0.25) is 0 Å². The van der Waals surface area contributed by atoms with Crippen LogP contribution in [0.4, 0.5) is 0 Å². The lowest BCUT2D eigenvalue weighted by molar-refractivity contribution is 0.201. The maximum atomic E-state index is 9.66. The van der Waals surface area contributed by atoms with Crippen molar-refractivity contribution in [3.8, 4) is 0 Å². The second-order valence-electron chi connectivity index (χ2n) is 4.37. The first-order valence-corrected chi connectivity index (χ1v) is 6.50. The summed E-state index contributed by atoms with van der Waals surface area (Å²) in [6.45, 7) is 6.47. The number of aryl methyl sites for hydroxylation is 1. The Hall–Kier alpha value is -0.340. The molecule has 1 nitrogen and oxygen atoms in total. The number of aliphatic hydroxyl groups is 1. The van der Waals surface area contributed by atoms with E-state index in [-0.39, 0.29) is 6.10 Å². The van der Waals surface area contributed by atoms with Crippen LogP contribution in [0, 0.1) is 6.92 Å². The van der Waals surface area contributed by atoms with Gasteiger partial charge in [-0.15, -0.1) is 0 Å². The summed E-state index contributed by atoms with van der Waals surface area (Å²) in [7, 11) is 0. The minimum absolute atomic E-state index is 0.288. The summed E-state index contributed by atoms with van der Waals surface area (Å²) in [6.07, 6.45) is 0.449. The van der Waals surface area contributed by atoms with Crippen LogP contribution in [0.3, 0.4) is 0 Å². The van der Waals surface area contributed by atoms with Gasteiger partial charge >= 0.3 is 0 Å². The highest BCUT2D eigenvalue weighted by Gasteiger charge is 2.10. The summed E-state index contributed by atoms with van der Waals surface area (Å²) in [5.41, 5.74) is 3.88. The largest absolute Gasteiger partial charge is 0.392 e. The van der Waals surface area contributed by atoms with E-state index in [4.69, 9.17) is 0 Å². The highest BCUT2D eigenvalue weighted by molar-refractivity contribution is 9.09. The molecular formula is C13H19BrO. The van der Waals surface area contributed by atoms with E-state index in [1.165, 1.54) is 16.7 Å². The van der Waals surface area contributed by atoms with Gasteiger partial charge in [0.1, 0.15) is 0 Å². The van der Waals surface area contributed by atoms with Crippen LogP contribution >= 0.6 is 15.9 Å². The molecule has 1 aromatic carbocycles. The third-order valence-corrected chi connectivity index (χ3v) is 3.30. The monoisotopic (exact) mass is 270 g/mol. The zero-order valence-corrected chi connectivity index (χ0v) is 11.2. The van der Waals surface area contributed by atoms with Gasteiger partial charge in [-0.05, 0) is 30.4 Å². The van der Waals surface area contributed by atoms with Crippen LogP contribution in [-0.2, 0) is 6.42 Å². The molecule has 1 N–H and O–H groups in total. The molecule has 0 aliphatic heterocycles. The molecule has 0 radical (unpaired) electrons. The number of benzene rings is 1. The molecule has 0 heterocycles. The summed E-state index contributed by atoms with van der Waals surface area (Å²) in [6, 6.07) is 6.50. The third-order valence-electron chi connectivity index (χ3n) is 2.55. The lowest BCUT2D eigenvalue weighted by Gasteiger charge is -2.15. The fraction of sp³-hybridized carbons (Fsp3) is 0.538. The number of rotatable bonds is 4. The molecular weight excluding hydrogens is 252 g/mol. The molecule has 84 valence electrons. The molecule has 0 aromatic heterocycles. The quantitative estimate of drug-likeness (QED) is 0.832. The molecule has 0 aliphatic rings. The minimum Gasteiger partial charge on any atom is -0.392 e. The first-order chi connectivity index (χ1) is 7.04. The molecule has 0 saturated heterocycles. The maximum absolute atomic E-state index is 9.66. The molecule has 1 rings (SSSR count). The predicted octanol–water partition coefficient (Wildman–Crippen LogP) is 3.42. The fourth-order valence-electron chi connectivity index (χ4n) is 1.78. The second kappa shape index (κ2) is 5.66. The second-order valence-corrected chi connectivity index (χ2v) is 5.02. The van der Waals surface area contributed by atoms with Crippen molar-refractivity contribution in [1.82, 2.24) is 0 Å². The van der Waals surface area contributed by atoms with Crippen molar-refractivity contribution in [2.45, 2.75) is 39.2 Å². The Labute approximate surface area is 101 Å². The van der Waals surface area contributed by atoms with E-state index in [1.807, 2.05) is 0 Å². The molecule has 1 aromatic rings. The van der Waals surface area contributed by atoms with Crippen molar-refractivity contribution < 1.29 is 5.11 Å².